The van der Waals surface area contributed by atoms with Crippen LogP contribution in [0.1, 0.15) is 49.8 Å². The lowest BCUT2D eigenvalue weighted by Gasteiger charge is -2.42. The summed E-state index contributed by atoms with van der Waals surface area (Å²) in [6.45, 7) is 9.03. The Bertz CT molecular complexity index is 424. The number of benzene rings is 1. The first-order valence-corrected chi connectivity index (χ1v) is 7.26. The number of hydrogen-bond donors (Lipinski definition) is 1. The van der Waals surface area contributed by atoms with Crippen molar-refractivity contribution in [3.05, 3.63) is 34.9 Å². The molecule has 0 aliphatic heterocycles. The molecule has 0 radical (unpaired) electrons. The predicted molar refractivity (Wildman–Crippen MR) is 78.7 cm³/mol. The van der Waals surface area contributed by atoms with E-state index in [1.165, 1.54) is 36.0 Å². The zero-order chi connectivity index (χ0) is 13.3. The van der Waals surface area contributed by atoms with E-state index in [1.54, 1.807) is 0 Å². The first kappa shape index (κ1) is 13.6. The maximum atomic E-state index is 6.71. The quantitative estimate of drug-likeness (QED) is 0.837. The third kappa shape index (κ3) is 2.77. The molecule has 2 N–H and O–H groups in total. The number of rotatable bonds is 2. The van der Waals surface area contributed by atoms with Crippen molar-refractivity contribution in [2.24, 2.45) is 17.6 Å². The minimum absolute atomic E-state index is 0.000630. The molecule has 1 aliphatic rings. The molecule has 1 fully saturated rings. The maximum Gasteiger partial charge on any atom is 0.0223 e. The second-order valence-corrected chi connectivity index (χ2v) is 6.62. The van der Waals surface area contributed by atoms with E-state index in [1.807, 2.05) is 0 Å². The Hall–Kier alpha value is -0.820. The average Bonchev–Trinajstić information content (AvgIpc) is 2.29. The lowest BCUT2D eigenvalue weighted by atomic mass is 9.67. The van der Waals surface area contributed by atoms with Crippen LogP contribution in [0.3, 0.4) is 0 Å². The van der Waals surface area contributed by atoms with Crippen LogP contribution in [0.25, 0.3) is 0 Å². The Morgan fingerprint density at radius 2 is 1.89 bits per heavy atom. The second-order valence-electron chi connectivity index (χ2n) is 6.62. The summed E-state index contributed by atoms with van der Waals surface area (Å²) in [4.78, 5) is 0. The minimum Gasteiger partial charge on any atom is -0.325 e. The highest BCUT2D eigenvalue weighted by molar-refractivity contribution is 5.31. The minimum atomic E-state index is -0.000630. The summed E-state index contributed by atoms with van der Waals surface area (Å²) in [6, 6.07) is 6.80. The van der Waals surface area contributed by atoms with E-state index in [0.29, 0.717) is 5.92 Å². The van der Waals surface area contributed by atoms with Crippen LogP contribution in [0.2, 0.25) is 0 Å². The van der Waals surface area contributed by atoms with Gasteiger partial charge in [0.2, 0.25) is 0 Å². The molecule has 0 heterocycles. The lowest BCUT2D eigenvalue weighted by molar-refractivity contribution is 0.161. The van der Waals surface area contributed by atoms with Gasteiger partial charge in [-0.1, -0.05) is 38.5 Å². The van der Waals surface area contributed by atoms with Gasteiger partial charge in [0.25, 0.3) is 0 Å². The van der Waals surface area contributed by atoms with E-state index >= 15 is 0 Å². The highest BCUT2D eigenvalue weighted by atomic mass is 14.8. The van der Waals surface area contributed by atoms with Gasteiger partial charge >= 0.3 is 0 Å². The molecule has 0 aromatic heterocycles. The number of hydrogen-bond acceptors (Lipinski definition) is 1. The molecule has 0 amide bonds. The van der Waals surface area contributed by atoms with E-state index in [-0.39, 0.29) is 5.54 Å². The summed E-state index contributed by atoms with van der Waals surface area (Å²) >= 11 is 0. The van der Waals surface area contributed by atoms with Crippen molar-refractivity contribution in [3.63, 3.8) is 0 Å². The van der Waals surface area contributed by atoms with Gasteiger partial charge in [0, 0.05) is 5.54 Å². The van der Waals surface area contributed by atoms with Crippen molar-refractivity contribution in [3.8, 4) is 0 Å². The molecule has 0 saturated heterocycles. The molecule has 0 bridgehead atoms. The van der Waals surface area contributed by atoms with E-state index in [4.69, 9.17) is 5.73 Å². The van der Waals surface area contributed by atoms with Crippen LogP contribution in [-0.4, -0.2) is 5.54 Å². The summed E-state index contributed by atoms with van der Waals surface area (Å²) in [5, 5.41) is 0. The number of nitrogens with two attached hydrogens (primary N) is 1. The zero-order valence-electron chi connectivity index (χ0n) is 12.3. The first-order valence-electron chi connectivity index (χ1n) is 7.26. The van der Waals surface area contributed by atoms with Gasteiger partial charge in [-0.3, -0.25) is 0 Å². The predicted octanol–water partition coefficient (Wildman–Crippen LogP) is 4.00. The average molecular weight is 245 g/mol. The molecule has 1 aromatic rings. The van der Waals surface area contributed by atoms with Crippen molar-refractivity contribution >= 4 is 0 Å². The summed E-state index contributed by atoms with van der Waals surface area (Å²) < 4.78 is 0. The summed E-state index contributed by atoms with van der Waals surface area (Å²) in [5.74, 6) is 1.41. The summed E-state index contributed by atoms with van der Waals surface area (Å²) in [7, 11) is 0. The zero-order valence-corrected chi connectivity index (χ0v) is 12.3. The van der Waals surface area contributed by atoms with Gasteiger partial charge in [-0.25, -0.2) is 0 Å². The molecule has 1 nitrogen and oxygen atoms in total. The fraction of sp³-hybridized carbons (Fsp3) is 0.647. The van der Waals surface area contributed by atoms with Crippen molar-refractivity contribution in [2.75, 3.05) is 0 Å². The Labute approximate surface area is 112 Å². The van der Waals surface area contributed by atoms with Gasteiger partial charge in [0.05, 0.1) is 0 Å². The van der Waals surface area contributed by atoms with Crippen LogP contribution in [0, 0.1) is 25.7 Å². The van der Waals surface area contributed by atoms with Gasteiger partial charge < -0.3 is 5.73 Å². The Morgan fingerprint density at radius 3 is 2.56 bits per heavy atom. The van der Waals surface area contributed by atoms with Crippen LogP contribution in [-0.2, 0) is 6.42 Å². The van der Waals surface area contributed by atoms with Gasteiger partial charge in [0.1, 0.15) is 0 Å². The van der Waals surface area contributed by atoms with Gasteiger partial charge in [-0.15, -0.1) is 0 Å². The molecule has 18 heavy (non-hydrogen) atoms. The van der Waals surface area contributed by atoms with Gasteiger partial charge in [0.15, 0.2) is 0 Å². The fourth-order valence-electron chi connectivity index (χ4n) is 3.31. The third-order valence-corrected chi connectivity index (χ3v) is 4.91. The van der Waals surface area contributed by atoms with Crippen LogP contribution in [0.15, 0.2) is 18.2 Å². The van der Waals surface area contributed by atoms with E-state index < -0.39 is 0 Å². The van der Waals surface area contributed by atoms with Crippen molar-refractivity contribution in [1.82, 2.24) is 0 Å². The first-order chi connectivity index (χ1) is 8.40. The Balaban J connectivity index is 2.17. The Morgan fingerprint density at radius 1 is 1.17 bits per heavy atom. The normalized spacial score (nSPS) is 32.5. The molecule has 1 aliphatic carbocycles. The molecular weight excluding hydrogens is 218 g/mol. The molecule has 100 valence electrons. The van der Waals surface area contributed by atoms with Crippen LogP contribution >= 0.6 is 0 Å². The number of aryl methyl sites for hydroxylation is 2. The van der Waals surface area contributed by atoms with E-state index in [2.05, 4.69) is 45.9 Å². The van der Waals surface area contributed by atoms with Crippen LogP contribution in [0.4, 0.5) is 0 Å². The standard InChI is InChI=1S/C17H27N/c1-12-5-7-15(4)17(18,10-12)11-16-8-6-13(2)14(3)9-16/h6,8-9,12,15H,5,7,10-11,18H2,1-4H3. The topological polar surface area (TPSA) is 26.0 Å². The smallest absolute Gasteiger partial charge is 0.0223 e. The third-order valence-electron chi connectivity index (χ3n) is 4.91. The largest absolute Gasteiger partial charge is 0.325 e. The lowest BCUT2D eigenvalue weighted by Crippen LogP contribution is -2.51. The Kier molecular flexibility index (Phi) is 3.82. The molecule has 3 unspecified atom stereocenters. The van der Waals surface area contributed by atoms with Crippen molar-refractivity contribution in [1.29, 1.82) is 0 Å². The van der Waals surface area contributed by atoms with Crippen molar-refractivity contribution in [2.45, 2.75) is 58.9 Å². The molecular formula is C17H27N. The molecule has 3 atom stereocenters. The van der Waals surface area contributed by atoms with E-state index in [0.717, 1.165) is 12.3 Å². The summed E-state index contributed by atoms with van der Waals surface area (Å²) in [6.07, 6.45) is 4.82. The molecule has 2 rings (SSSR count). The monoisotopic (exact) mass is 245 g/mol. The van der Waals surface area contributed by atoms with Gasteiger partial charge in [-0.2, -0.15) is 0 Å². The van der Waals surface area contributed by atoms with Crippen molar-refractivity contribution < 1.29 is 0 Å². The summed E-state index contributed by atoms with van der Waals surface area (Å²) in [5.41, 5.74) is 10.9. The molecule has 0 spiro atoms. The van der Waals surface area contributed by atoms with Crippen LogP contribution in [0.5, 0.6) is 0 Å². The SMILES string of the molecule is Cc1ccc(CC2(N)CC(C)CCC2C)cc1C. The highest BCUT2D eigenvalue weighted by Crippen LogP contribution is 2.37. The van der Waals surface area contributed by atoms with Gasteiger partial charge in [-0.05, 0) is 61.6 Å². The molecule has 1 heteroatoms. The maximum absolute atomic E-state index is 6.71. The molecule has 1 saturated carbocycles. The fourth-order valence-corrected chi connectivity index (χ4v) is 3.31. The van der Waals surface area contributed by atoms with E-state index in [9.17, 15) is 0 Å². The molecule has 1 aromatic carbocycles. The highest BCUT2D eigenvalue weighted by Gasteiger charge is 2.37. The second kappa shape index (κ2) is 5.05. The van der Waals surface area contributed by atoms with Crippen LogP contribution < -0.4 is 5.73 Å².